The van der Waals surface area contributed by atoms with Crippen LogP contribution in [0.1, 0.15) is 53.9 Å². The highest BCUT2D eigenvalue weighted by Gasteiger charge is 2.57. The van der Waals surface area contributed by atoms with Crippen LogP contribution in [-0.2, 0) is 18.7 Å². The Morgan fingerprint density at radius 3 is 2.44 bits per heavy atom. The van der Waals surface area contributed by atoms with Gasteiger partial charge in [-0.25, -0.2) is 9.36 Å². The molecule has 9 heteroatoms. The number of phosphoric ester groups is 1. The Morgan fingerprint density at radius 1 is 1.25 bits per heavy atom. The number of aliphatic carboxylic acids is 1. The predicted octanol–water partition coefficient (Wildman–Crippen LogP) is 3.95. The topological polar surface area (TPSA) is 133 Å². The van der Waals surface area contributed by atoms with Crippen LogP contribution in [0.5, 0.6) is 0 Å². The number of carbonyl (C=O) groups is 2. The van der Waals surface area contributed by atoms with E-state index in [0.29, 0.717) is 5.57 Å². The zero-order chi connectivity index (χ0) is 24.3. The van der Waals surface area contributed by atoms with Crippen molar-refractivity contribution < 1.29 is 33.6 Å². The Balaban J connectivity index is 2.22. The summed E-state index contributed by atoms with van der Waals surface area (Å²) in [6.07, 6.45) is 12.8. The minimum absolute atomic E-state index is 0.0963. The summed E-state index contributed by atoms with van der Waals surface area (Å²) in [4.78, 5) is 41.6. The van der Waals surface area contributed by atoms with Crippen molar-refractivity contribution in [3.63, 3.8) is 0 Å². The minimum atomic E-state index is -4.90. The molecule has 1 unspecified atom stereocenters. The van der Waals surface area contributed by atoms with Gasteiger partial charge in [-0.2, -0.15) is 0 Å². The Hall–Kier alpha value is -2.25. The first-order valence-corrected chi connectivity index (χ1v) is 11.9. The van der Waals surface area contributed by atoms with Gasteiger partial charge < -0.3 is 20.2 Å². The fourth-order valence-electron chi connectivity index (χ4n) is 4.19. The Kier molecular flexibility index (Phi) is 7.89. The lowest BCUT2D eigenvalue weighted by atomic mass is 9.72. The molecule has 1 aliphatic heterocycles. The van der Waals surface area contributed by atoms with Crippen molar-refractivity contribution in [3.05, 3.63) is 58.2 Å². The number of rotatable bonds is 8. The largest absolute Gasteiger partial charge is 0.479 e. The zero-order valence-electron chi connectivity index (χ0n) is 19.1. The molecule has 0 spiro atoms. The van der Waals surface area contributed by atoms with E-state index in [-0.39, 0.29) is 11.0 Å². The Labute approximate surface area is 188 Å². The highest BCUT2D eigenvalue weighted by molar-refractivity contribution is 7.46. The van der Waals surface area contributed by atoms with Crippen LogP contribution >= 0.6 is 7.82 Å². The maximum atomic E-state index is 12.0. The van der Waals surface area contributed by atoms with Gasteiger partial charge in [0.05, 0.1) is 12.2 Å². The summed E-state index contributed by atoms with van der Waals surface area (Å²) in [5.74, 6) is -2.08. The van der Waals surface area contributed by atoms with Gasteiger partial charge in [0, 0.05) is 0 Å². The molecule has 4 N–H and O–H groups in total. The number of carbonyl (C=O) groups excluding carboxylic acids is 1. The SMILES string of the molecule is CC1=C(/C=C/C(C)=C/C=C/C(C)=C2/C(=O)NC2(COP(=O)(O)O)C(=O)O)C(C)(C)CCC1. The van der Waals surface area contributed by atoms with Gasteiger partial charge in [0.2, 0.25) is 0 Å². The van der Waals surface area contributed by atoms with Gasteiger partial charge in [0.25, 0.3) is 5.91 Å². The van der Waals surface area contributed by atoms with Gasteiger partial charge in [0.1, 0.15) is 0 Å². The summed E-state index contributed by atoms with van der Waals surface area (Å²) in [7, 11) is -4.90. The average molecular weight is 465 g/mol. The van der Waals surface area contributed by atoms with E-state index in [1.807, 2.05) is 19.1 Å². The quantitative estimate of drug-likeness (QED) is 0.185. The molecule has 1 atom stereocenters. The molecule has 0 aromatic carbocycles. The van der Waals surface area contributed by atoms with E-state index in [1.165, 1.54) is 17.6 Å². The van der Waals surface area contributed by atoms with E-state index in [9.17, 15) is 19.3 Å². The number of hydrogen-bond donors (Lipinski definition) is 4. The van der Waals surface area contributed by atoms with Gasteiger partial charge in [-0.3, -0.25) is 9.32 Å². The van der Waals surface area contributed by atoms with E-state index in [0.717, 1.165) is 18.4 Å². The van der Waals surface area contributed by atoms with Crippen molar-refractivity contribution in [2.24, 2.45) is 5.41 Å². The first-order chi connectivity index (χ1) is 14.7. The molecule has 2 aliphatic rings. The summed E-state index contributed by atoms with van der Waals surface area (Å²) in [5, 5.41) is 11.8. The van der Waals surface area contributed by atoms with Gasteiger partial charge in [-0.05, 0) is 56.6 Å². The number of nitrogens with one attached hydrogen (secondary N) is 1. The van der Waals surface area contributed by atoms with Crippen LogP contribution < -0.4 is 5.32 Å². The highest BCUT2D eigenvalue weighted by atomic mass is 31.2. The van der Waals surface area contributed by atoms with Gasteiger partial charge in [-0.1, -0.05) is 55.4 Å². The minimum Gasteiger partial charge on any atom is -0.479 e. The van der Waals surface area contributed by atoms with Crippen LogP contribution in [0, 0.1) is 5.41 Å². The molecule has 8 nitrogen and oxygen atoms in total. The number of hydrogen-bond acceptors (Lipinski definition) is 4. The molecule has 1 heterocycles. The molecule has 2 rings (SSSR count). The zero-order valence-corrected chi connectivity index (χ0v) is 20.0. The van der Waals surface area contributed by atoms with E-state index < -0.39 is 31.8 Å². The number of β-lactam (4-membered cyclic amide) rings is 1. The molecule has 32 heavy (non-hydrogen) atoms. The normalized spacial score (nSPS) is 25.8. The average Bonchev–Trinajstić information content (AvgIpc) is 2.62. The van der Waals surface area contributed by atoms with E-state index in [1.54, 1.807) is 19.1 Å². The molecule has 0 radical (unpaired) electrons. The first-order valence-electron chi connectivity index (χ1n) is 10.4. The van der Waals surface area contributed by atoms with Crippen molar-refractivity contribution in [2.45, 2.75) is 59.4 Å². The first kappa shape index (κ1) is 26.0. The van der Waals surface area contributed by atoms with Crippen LogP contribution in [0.3, 0.4) is 0 Å². The second-order valence-electron chi connectivity index (χ2n) is 9.02. The van der Waals surface area contributed by atoms with E-state index in [4.69, 9.17) is 9.79 Å². The van der Waals surface area contributed by atoms with E-state index in [2.05, 4.69) is 36.7 Å². The lowest BCUT2D eigenvalue weighted by Gasteiger charge is -2.41. The molecular formula is C23H32NO7P. The maximum Gasteiger partial charge on any atom is 0.469 e. The van der Waals surface area contributed by atoms with Gasteiger partial charge in [-0.15, -0.1) is 0 Å². The molecule has 1 aliphatic carbocycles. The summed E-state index contributed by atoms with van der Waals surface area (Å²) in [6, 6.07) is 0. The monoisotopic (exact) mass is 465 g/mol. The standard InChI is InChI=1S/C23H32NO7P/c1-15(11-12-18-16(2)10-7-13-22(18,4)5)8-6-9-17(3)19-20(25)24-23(19,21(26)27)14-31-32(28,29)30/h6,8-9,11-12H,7,10,13-14H2,1-5H3,(H,24,25)(H,26,27)(H2,28,29,30)/b9-6+,12-11+,15-8+,19-17-. The fraction of sp³-hybridized carbons (Fsp3) is 0.478. The molecule has 1 amide bonds. The lowest BCUT2D eigenvalue weighted by molar-refractivity contribution is -0.152. The molecule has 1 saturated heterocycles. The highest BCUT2D eigenvalue weighted by Crippen LogP contribution is 2.41. The van der Waals surface area contributed by atoms with Crippen LogP contribution in [-0.4, -0.2) is 38.9 Å². The number of carboxylic acids is 1. The van der Waals surface area contributed by atoms with Crippen molar-refractivity contribution in [1.82, 2.24) is 5.32 Å². The van der Waals surface area contributed by atoms with Crippen molar-refractivity contribution in [2.75, 3.05) is 6.61 Å². The van der Waals surface area contributed by atoms with Crippen molar-refractivity contribution in [3.8, 4) is 0 Å². The summed E-state index contributed by atoms with van der Waals surface area (Å²) < 4.78 is 15.4. The summed E-state index contributed by atoms with van der Waals surface area (Å²) in [5.41, 5.74) is 2.14. The van der Waals surface area contributed by atoms with Crippen LogP contribution in [0.15, 0.2) is 58.2 Å². The number of phosphoric acid groups is 1. The predicted molar refractivity (Wildman–Crippen MR) is 122 cm³/mol. The summed E-state index contributed by atoms with van der Waals surface area (Å²) in [6.45, 7) is 9.30. The molecule has 0 aromatic rings. The summed E-state index contributed by atoms with van der Waals surface area (Å²) >= 11 is 0. The van der Waals surface area contributed by atoms with Crippen LogP contribution in [0.4, 0.5) is 0 Å². The molecule has 176 valence electrons. The lowest BCUT2D eigenvalue weighted by Crippen LogP contribution is -2.70. The second kappa shape index (κ2) is 9.71. The number of carboxylic acid groups (broad SMARTS) is 1. The molecule has 0 bridgehead atoms. The third-order valence-corrected chi connectivity index (χ3v) is 6.42. The van der Waals surface area contributed by atoms with Crippen molar-refractivity contribution >= 4 is 19.7 Å². The molecule has 0 aromatic heterocycles. The third-order valence-electron chi connectivity index (χ3n) is 5.95. The van der Waals surface area contributed by atoms with Gasteiger partial charge >= 0.3 is 13.8 Å². The molecular weight excluding hydrogens is 433 g/mol. The molecule has 1 fully saturated rings. The van der Waals surface area contributed by atoms with Gasteiger partial charge in [0.15, 0.2) is 5.54 Å². The van der Waals surface area contributed by atoms with Crippen molar-refractivity contribution in [1.29, 1.82) is 0 Å². The Morgan fingerprint density at radius 2 is 1.91 bits per heavy atom. The number of amides is 1. The fourth-order valence-corrected chi connectivity index (χ4v) is 4.55. The van der Waals surface area contributed by atoms with Crippen LogP contribution in [0.25, 0.3) is 0 Å². The Bertz CT molecular complexity index is 994. The van der Waals surface area contributed by atoms with Crippen LogP contribution in [0.2, 0.25) is 0 Å². The second-order valence-corrected chi connectivity index (χ2v) is 10.3. The smallest absolute Gasteiger partial charge is 0.469 e. The maximum absolute atomic E-state index is 12.0. The number of allylic oxidation sites excluding steroid dienone is 9. The molecule has 0 saturated carbocycles. The third kappa shape index (κ3) is 5.95. The van der Waals surface area contributed by atoms with E-state index >= 15 is 0 Å².